The molecule has 0 saturated carbocycles. The molecule has 1 unspecified atom stereocenters. The van der Waals surface area contributed by atoms with Crippen LogP contribution in [0.4, 0.5) is 0 Å². The van der Waals surface area contributed by atoms with E-state index in [2.05, 4.69) is 47.6 Å². The van der Waals surface area contributed by atoms with Crippen molar-refractivity contribution < 1.29 is 0 Å². The van der Waals surface area contributed by atoms with Crippen LogP contribution in [0.1, 0.15) is 22.9 Å². The number of aromatic nitrogens is 1. The molecule has 16 heavy (non-hydrogen) atoms. The Balaban J connectivity index is 2.41. The van der Waals surface area contributed by atoms with Crippen molar-refractivity contribution in [2.45, 2.75) is 13.0 Å². The van der Waals surface area contributed by atoms with Crippen LogP contribution in [-0.4, -0.2) is 12.0 Å². The largest absolute Gasteiger partial charge is 0.308 e. The Labute approximate surface area is 96.4 Å². The maximum absolute atomic E-state index is 4.46. The van der Waals surface area contributed by atoms with Crippen LogP contribution in [0.25, 0.3) is 0 Å². The lowest BCUT2D eigenvalue weighted by atomic mass is 10.0. The molecule has 2 nitrogen and oxygen atoms in total. The van der Waals surface area contributed by atoms with E-state index in [-0.39, 0.29) is 6.04 Å². The summed E-state index contributed by atoms with van der Waals surface area (Å²) in [6.07, 6.45) is 1.84. The van der Waals surface area contributed by atoms with Crippen LogP contribution in [0.15, 0.2) is 48.7 Å². The van der Waals surface area contributed by atoms with E-state index in [0.717, 1.165) is 5.69 Å². The van der Waals surface area contributed by atoms with E-state index < -0.39 is 0 Å². The van der Waals surface area contributed by atoms with Gasteiger partial charge in [-0.15, -0.1) is 0 Å². The van der Waals surface area contributed by atoms with Crippen molar-refractivity contribution in [3.05, 3.63) is 65.5 Å². The number of pyridine rings is 1. The van der Waals surface area contributed by atoms with Crippen LogP contribution in [-0.2, 0) is 0 Å². The highest BCUT2D eigenvalue weighted by molar-refractivity contribution is 5.31. The third-order valence-electron chi connectivity index (χ3n) is 2.74. The smallest absolute Gasteiger partial charge is 0.0751 e. The molecular weight excluding hydrogens is 196 g/mol. The van der Waals surface area contributed by atoms with Gasteiger partial charge in [-0.2, -0.15) is 0 Å². The zero-order valence-electron chi connectivity index (χ0n) is 9.64. The summed E-state index contributed by atoms with van der Waals surface area (Å²) in [7, 11) is 1.96. The van der Waals surface area contributed by atoms with Crippen molar-refractivity contribution in [1.29, 1.82) is 0 Å². The van der Waals surface area contributed by atoms with Gasteiger partial charge in [-0.1, -0.05) is 36.4 Å². The lowest BCUT2D eigenvalue weighted by molar-refractivity contribution is 0.666. The second-order valence-electron chi connectivity index (χ2n) is 3.84. The predicted octanol–water partition coefficient (Wildman–Crippen LogP) is 2.70. The third-order valence-corrected chi connectivity index (χ3v) is 2.74. The van der Waals surface area contributed by atoms with Crippen LogP contribution < -0.4 is 5.32 Å². The van der Waals surface area contributed by atoms with Crippen molar-refractivity contribution in [2.75, 3.05) is 7.05 Å². The summed E-state index contributed by atoms with van der Waals surface area (Å²) in [5.74, 6) is 0. The molecule has 82 valence electrons. The second-order valence-corrected chi connectivity index (χ2v) is 3.84. The van der Waals surface area contributed by atoms with Crippen LogP contribution in [0.3, 0.4) is 0 Å². The topological polar surface area (TPSA) is 24.9 Å². The summed E-state index contributed by atoms with van der Waals surface area (Å²) in [4.78, 5) is 4.46. The minimum atomic E-state index is 0.169. The molecule has 0 radical (unpaired) electrons. The average molecular weight is 212 g/mol. The maximum atomic E-state index is 4.46. The summed E-state index contributed by atoms with van der Waals surface area (Å²) in [6.45, 7) is 2.09. The minimum Gasteiger partial charge on any atom is -0.308 e. The standard InChI is InChI=1S/C14H16N2/c1-11-7-6-10-16-13(11)14(15-2)12-8-4-3-5-9-12/h3-10,14-15H,1-2H3. The van der Waals surface area contributed by atoms with Gasteiger partial charge in [0.25, 0.3) is 0 Å². The first kappa shape index (κ1) is 10.8. The zero-order valence-corrected chi connectivity index (χ0v) is 9.64. The number of nitrogens with zero attached hydrogens (tertiary/aromatic N) is 1. The van der Waals surface area contributed by atoms with Gasteiger partial charge >= 0.3 is 0 Å². The van der Waals surface area contributed by atoms with E-state index >= 15 is 0 Å². The van der Waals surface area contributed by atoms with Gasteiger partial charge in [0.15, 0.2) is 0 Å². The van der Waals surface area contributed by atoms with E-state index in [9.17, 15) is 0 Å². The van der Waals surface area contributed by atoms with Gasteiger partial charge in [-0.25, -0.2) is 0 Å². The molecule has 0 amide bonds. The lowest BCUT2D eigenvalue weighted by Crippen LogP contribution is -2.19. The fourth-order valence-electron chi connectivity index (χ4n) is 1.91. The molecule has 0 aliphatic heterocycles. The van der Waals surface area contributed by atoms with Crippen molar-refractivity contribution in [1.82, 2.24) is 10.3 Å². The van der Waals surface area contributed by atoms with Crippen molar-refractivity contribution >= 4 is 0 Å². The molecule has 0 saturated heterocycles. The Morgan fingerprint density at radius 1 is 1.06 bits per heavy atom. The number of nitrogens with one attached hydrogen (secondary N) is 1. The highest BCUT2D eigenvalue weighted by Gasteiger charge is 2.14. The molecule has 1 atom stereocenters. The molecule has 0 aliphatic rings. The number of aryl methyl sites for hydroxylation is 1. The Morgan fingerprint density at radius 2 is 1.81 bits per heavy atom. The predicted molar refractivity (Wildman–Crippen MR) is 66.3 cm³/mol. The van der Waals surface area contributed by atoms with Crippen molar-refractivity contribution in [3.63, 3.8) is 0 Å². The molecule has 0 bridgehead atoms. The van der Waals surface area contributed by atoms with Gasteiger partial charge in [0.2, 0.25) is 0 Å². The van der Waals surface area contributed by atoms with Gasteiger partial charge in [-0.3, -0.25) is 4.98 Å². The molecule has 0 aliphatic carbocycles. The van der Waals surface area contributed by atoms with Crippen LogP contribution in [0, 0.1) is 6.92 Å². The average Bonchev–Trinajstić information content (AvgIpc) is 2.34. The molecule has 0 spiro atoms. The van der Waals surface area contributed by atoms with Crippen LogP contribution in [0.2, 0.25) is 0 Å². The normalized spacial score (nSPS) is 12.4. The van der Waals surface area contributed by atoms with E-state index in [1.807, 2.05) is 25.4 Å². The monoisotopic (exact) mass is 212 g/mol. The van der Waals surface area contributed by atoms with Crippen LogP contribution >= 0.6 is 0 Å². The number of hydrogen-bond acceptors (Lipinski definition) is 2. The van der Waals surface area contributed by atoms with E-state index in [1.165, 1.54) is 11.1 Å². The maximum Gasteiger partial charge on any atom is 0.0751 e. The summed E-state index contributed by atoms with van der Waals surface area (Å²) in [5.41, 5.74) is 3.55. The first-order valence-electron chi connectivity index (χ1n) is 5.46. The highest BCUT2D eigenvalue weighted by atomic mass is 14.9. The van der Waals surface area contributed by atoms with E-state index in [4.69, 9.17) is 0 Å². The molecule has 1 aromatic heterocycles. The molecule has 1 heterocycles. The quantitative estimate of drug-likeness (QED) is 0.846. The molecule has 2 aromatic rings. The van der Waals surface area contributed by atoms with Gasteiger partial charge in [0.05, 0.1) is 11.7 Å². The van der Waals surface area contributed by atoms with Gasteiger partial charge in [0.1, 0.15) is 0 Å². The van der Waals surface area contributed by atoms with Crippen molar-refractivity contribution in [2.24, 2.45) is 0 Å². The first-order valence-corrected chi connectivity index (χ1v) is 5.46. The van der Waals surface area contributed by atoms with Gasteiger partial charge in [-0.05, 0) is 31.2 Å². The summed E-state index contributed by atoms with van der Waals surface area (Å²) in [6, 6.07) is 14.6. The third kappa shape index (κ3) is 2.12. The van der Waals surface area contributed by atoms with Gasteiger partial charge < -0.3 is 5.32 Å². The molecule has 2 heteroatoms. The second kappa shape index (κ2) is 4.90. The summed E-state index contributed by atoms with van der Waals surface area (Å²) in [5, 5.41) is 3.31. The summed E-state index contributed by atoms with van der Waals surface area (Å²) >= 11 is 0. The van der Waals surface area contributed by atoms with Crippen LogP contribution in [0.5, 0.6) is 0 Å². The fraction of sp³-hybridized carbons (Fsp3) is 0.214. The number of rotatable bonds is 3. The molecule has 0 fully saturated rings. The molecule has 2 rings (SSSR count). The SMILES string of the molecule is CNC(c1ccccc1)c1ncccc1C. The first-order chi connectivity index (χ1) is 7.83. The highest BCUT2D eigenvalue weighted by Crippen LogP contribution is 2.21. The Hall–Kier alpha value is -1.67. The molecular formula is C14H16N2. The Kier molecular flexibility index (Phi) is 3.32. The fourth-order valence-corrected chi connectivity index (χ4v) is 1.91. The van der Waals surface area contributed by atoms with E-state index in [0.29, 0.717) is 0 Å². The molecule has 1 N–H and O–H groups in total. The lowest BCUT2D eigenvalue weighted by Gasteiger charge is -2.17. The van der Waals surface area contributed by atoms with Gasteiger partial charge in [0, 0.05) is 6.20 Å². The number of hydrogen-bond donors (Lipinski definition) is 1. The summed E-state index contributed by atoms with van der Waals surface area (Å²) < 4.78 is 0. The minimum absolute atomic E-state index is 0.169. The Morgan fingerprint density at radius 3 is 2.44 bits per heavy atom. The Bertz CT molecular complexity index is 451. The number of benzene rings is 1. The van der Waals surface area contributed by atoms with Crippen molar-refractivity contribution in [3.8, 4) is 0 Å². The van der Waals surface area contributed by atoms with E-state index in [1.54, 1.807) is 0 Å². The zero-order chi connectivity index (χ0) is 11.4. The molecule has 1 aromatic carbocycles.